The lowest BCUT2D eigenvalue weighted by Crippen LogP contribution is -2.10. The maximum atomic E-state index is 11.6. The summed E-state index contributed by atoms with van der Waals surface area (Å²) in [7, 11) is 0. The van der Waals surface area contributed by atoms with Crippen molar-refractivity contribution in [3.8, 4) is 0 Å². The largest absolute Gasteiger partial charge is 0.461 e. The topological polar surface area (TPSA) is 70.1 Å². The molecule has 0 aromatic carbocycles. The molecule has 0 spiro atoms. The van der Waals surface area contributed by atoms with E-state index in [1.807, 2.05) is 17.6 Å². The number of nitrogens with two attached hydrogens (primary N) is 1. The van der Waals surface area contributed by atoms with Gasteiger partial charge in [-0.3, -0.25) is 0 Å². The van der Waals surface area contributed by atoms with E-state index >= 15 is 0 Å². The zero-order chi connectivity index (χ0) is 12.8. The molecule has 0 radical (unpaired) electrons. The molecule has 0 saturated heterocycles. The third-order valence-corrected chi connectivity index (χ3v) is 2.43. The van der Waals surface area contributed by atoms with Gasteiger partial charge in [0.1, 0.15) is 11.6 Å². The quantitative estimate of drug-likeness (QED) is 0.604. The van der Waals surface area contributed by atoms with Crippen LogP contribution < -0.4 is 5.73 Å². The number of carbonyl (C=O) groups excluding carboxylic acids is 1. The summed E-state index contributed by atoms with van der Waals surface area (Å²) < 4.78 is 6.75. The molecule has 0 unspecified atom stereocenters. The van der Waals surface area contributed by atoms with Gasteiger partial charge in [-0.2, -0.15) is 0 Å². The zero-order valence-electron chi connectivity index (χ0n) is 10.4. The van der Waals surface area contributed by atoms with Gasteiger partial charge >= 0.3 is 5.97 Å². The Morgan fingerprint density at radius 3 is 2.82 bits per heavy atom. The Bertz CT molecular complexity index is 410. The number of nitrogens with zero attached hydrogens (tertiary/aromatic N) is 2. The fourth-order valence-electron chi connectivity index (χ4n) is 1.60. The number of nitrogen functional groups attached to an aromatic ring is 1. The molecular formula is C12H19N3O2. The molecule has 1 heterocycles. The predicted molar refractivity (Wildman–Crippen MR) is 66.8 cm³/mol. The summed E-state index contributed by atoms with van der Waals surface area (Å²) in [5.41, 5.74) is 6.13. The van der Waals surface area contributed by atoms with Gasteiger partial charge in [0, 0.05) is 13.0 Å². The summed E-state index contributed by atoms with van der Waals surface area (Å²) in [6, 6.07) is 0. The molecule has 94 valence electrons. The van der Waals surface area contributed by atoms with Crippen molar-refractivity contribution in [1.82, 2.24) is 9.55 Å². The minimum atomic E-state index is -0.461. The van der Waals surface area contributed by atoms with Crippen LogP contribution in [0.4, 0.5) is 5.82 Å². The Morgan fingerprint density at radius 1 is 1.59 bits per heavy atom. The van der Waals surface area contributed by atoms with Crippen molar-refractivity contribution in [2.75, 3.05) is 12.3 Å². The summed E-state index contributed by atoms with van der Waals surface area (Å²) in [5.74, 6) is 0.714. The number of hydrogen-bond acceptors (Lipinski definition) is 4. The number of allylic oxidation sites excluding steroid dienone is 1. The molecule has 2 N–H and O–H groups in total. The van der Waals surface area contributed by atoms with E-state index in [2.05, 4.69) is 11.6 Å². The number of hydrogen-bond donors (Lipinski definition) is 1. The Labute approximate surface area is 101 Å². The van der Waals surface area contributed by atoms with Crippen LogP contribution in [-0.2, 0) is 17.7 Å². The molecule has 1 rings (SSSR count). The number of ether oxygens (including phenoxy) is 1. The average Bonchev–Trinajstić information content (AvgIpc) is 2.64. The molecule has 17 heavy (non-hydrogen) atoms. The first-order valence-corrected chi connectivity index (χ1v) is 5.78. The highest BCUT2D eigenvalue weighted by molar-refractivity contribution is 5.92. The molecule has 0 saturated carbocycles. The molecular weight excluding hydrogens is 218 g/mol. The van der Waals surface area contributed by atoms with Gasteiger partial charge in [0.05, 0.1) is 6.61 Å². The second-order valence-electron chi connectivity index (χ2n) is 3.56. The van der Waals surface area contributed by atoms with Crippen molar-refractivity contribution >= 4 is 11.8 Å². The maximum Gasteiger partial charge on any atom is 0.360 e. The molecule has 0 aliphatic heterocycles. The Kier molecular flexibility index (Phi) is 4.75. The second-order valence-corrected chi connectivity index (χ2v) is 3.56. The summed E-state index contributed by atoms with van der Waals surface area (Å²) >= 11 is 0. The predicted octanol–water partition coefficient (Wildman–Crippen LogP) is 1.78. The van der Waals surface area contributed by atoms with Crippen LogP contribution in [0.3, 0.4) is 0 Å². The van der Waals surface area contributed by atoms with Crippen molar-refractivity contribution in [3.63, 3.8) is 0 Å². The Hall–Kier alpha value is -1.78. The van der Waals surface area contributed by atoms with Crippen LogP contribution in [0.2, 0.25) is 0 Å². The van der Waals surface area contributed by atoms with Crippen LogP contribution >= 0.6 is 0 Å². The Balaban J connectivity index is 3.04. The minimum absolute atomic E-state index is 0.216. The fraction of sp³-hybridized carbons (Fsp3) is 0.500. The number of esters is 1. The lowest BCUT2D eigenvalue weighted by molar-refractivity contribution is 0.0521. The van der Waals surface area contributed by atoms with Gasteiger partial charge in [0.15, 0.2) is 5.69 Å². The number of anilines is 1. The molecule has 5 nitrogen and oxygen atoms in total. The fourth-order valence-corrected chi connectivity index (χ4v) is 1.60. The van der Waals surface area contributed by atoms with E-state index in [1.54, 1.807) is 6.92 Å². The van der Waals surface area contributed by atoms with E-state index < -0.39 is 5.97 Å². The van der Waals surface area contributed by atoms with Crippen molar-refractivity contribution in [2.24, 2.45) is 0 Å². The van der Waals surface area contributed by atoms with Crippen LogP contribution in [0.5, 0.6) is 0 Å². The Morgan fingerprint density at radius 2 is 2.29 bits per heavy atom. The highest BCUT2D eigenvalue weighted by atomic mass is 16.5. The van der Waals surface area contributed by atoms with Crippen molar-refractivity contribution in [3.05, 3.63) is 24.2 Å². The van der Waals surface area contributed by atoms with Crippen molar-refractivity contribution < 1.29 is 9.53 Å². The minimum Gasteiger partial charge on any atom is -0.461 e. The summed E-state index contributed by atoms with van der Waals surface area (Å²) in [4.78, 5) is 15.9. The van der Waals surface area contributed by atoms with Crippen LogP contribution in [-0.4, -0.2) is 22.1 Å². The summed E-state index contributed by atoms with van der Waals surface area (Å²) in [6.45, 7) is 8.40. The van der Waals surface area contributed by atoms with Gasteiger partial charge in [-0.1, -0.05) is 13.0 Å². The highest BCUT2D eigenvalue weighted by Crippen LogP contribution is 2.17. The molecule has 1 aromatic rings. The second kappa shape index (κ2) is 6.08. The molecule has 5 heteroatoms. The lowest BCUT2D eigenvalue weighted by Gasteiger charge is -2.06. The number of imidazole rings is 1. The van der Waals surface area contributed by atoms with E-state index in [1.165, 1.54) is 0 Å². The van der Waals surface area contributed by atoms with Crippen LogP contribution in [0, 0.1) is 0 Å². The number of carbonyl (C=O) groups is 1. The van der Waals surface area contributed by atoms with Gasteiger partial charge in [-0.25, -0.2) is 9.78 Å². The van der Waals surface area contributed by atoms with Crippen molar-refractivity contribution in [2.45, 2.75) is 33.2 Å². The molecule has 0 aliphatic carbocycles. The zero-order valence-corrected chi connectivity index (χ0v) is 10.4. The van der Waals surface area contributed by atoms with Crippen molar-refractivity contribution in [1.29, 1.82) is 0 Å². The third kappa shape index (κ3) is 2.87. The number of aromatic nitrogens is 2. The van der Waals surface area contributed by atoms with E-state index in [0.29, 0.717) is 19.0 Å². The molecule has 0 fully saturated rings. The first-order valence-electron chi connectivity index (χ1n) is 5.78. The SMILES string of the molecule is C=CCCn1c(CC)nc(C(=O)OCC)c1N. The van der Waals surface area contributed by atoms with E-state index in [9.17, 15) is 4.79 Å². The molecule has 0 bridgehead atoms. The van der Waals surface area contributed by atoms with E-state index in [0.717, 1.165) is 18.7 Å². The summed E-state index contributed by atoms with van der Waals surface area (Å²) in [5, 5.41) is 0. The monoisotopic (exact) mass is 237 g/mol. The van der Waals surface area contributed by atoms with Gasteiger partial charge < -0.3 is 15.0 Å². The lowest BCUT2D eigenvalue weighted by atomic mass is 10.4. The smallest absolute Gasteiger partial charge is 0.360 e. The molecule has 0 atom stereocenters. The normalized spacial score (nSPS) is 10.2. The standard InChI is InChI=1S/C12H19N3O2/c1-4-7-8-15-9(5-2)14-10(11(15)13)12(16)17-6-3/h4H,1,5-8,13H2,2-3H3. The van der Waals surface area contributed by atoms with Gasteiger partial charge in [-0.05, 0) is 13.3 Å². The third-order valence-electron chi connectivity index (χ3n) is 2.43. The average molecular weight is 237 g/mol. The maximum absolute atomic E-state index is 11.6. The summed E-state index contributed by atoms with van der Waals surface area (Å²) in [6.07, 6.45) is 3.32. The first kappa shape index (κ1) is 13.3. The van der Waals surface area contributed by atoms with Gasteiger partial charge in [-0.15, -0.1) is 6.58 Å². The molecule has 0 aliphatic rings. The first-order chi connectivity index (χ1) is 8.15. The number of aryl methyl sites for hydroxylation is 1. The van der Waals surface area contributed by atoms with E-state index in [4.69, 9.17) is 10.5 Å². The van der Waals surface area contributed by atoms with Gasteiger partial charge in [0.25, 0.3) is 0 Å². The highest BCUT2D eigenvalue weighted by Gasteiger charge is 2.20. The van der Waals surface area contributed by atoms with Crippen LogP contribution in [0.25, 0.3) is 0 Å². The molecule has 1 aromatic heterocycles. The van der Waals surface area contributed by atoms with Gasteiger partial charge in [0.2, 0.25) is 0 Å². The van der Waals surface area contributed by atoms with Crippen LogP contribution in [0.1, 0.15) is 36.6 Å². The van der Waals surface area contributed by atoms with E-state index in [-0.39, 0.29) is 5.69 Å². The van der Waals surface area contributed by atoms with Crippen LogP contribution in [0.15, 0.2) is 12.7 Å². The molecule has 0 amide bonds. The number of rotatable bonds is 6.